The molecule has 1 aromatic heterocycles. The Morgan fingerprint density at radius 2 is 2.05 bits per heavy atom. The third kappa shape index (κ3) is 4.28. The molecule has 112 valence electrons. The fourth-order valence-electron chi connectivity index (χ4n) is 1.61. The van der Waals surface area contributed by atoms with Gasteiger partial charge in [-0.05, 0) is 18.2 Å². The van der Waals surface area contributed by atoms with Crippen LogP contribution in [0.15, 0.2) is 36.5 Å². The second-order valence-corrected chi connectivity index (χ2v) is 6.36. The molecule has 0 saturated heterocycles. The first-order valence-corrected chi connectivity index (χ1v) is 8.05. The highest BCUT2D eigenvalue weighted by atomic mass is 35.5. The lowest BCUT2D eigenvalue weighted by molar-refractivity contribution is 0.0950. The summed E-state index contributed by atoms with van der Waals surface area (Å²) in [5.41, 5.74) is 0.798. The van der Waals surface area contributed by atoms with E-state index in [-0.39, 0.29) is 18.0 Å². The molecule has 0 atom stereocenters. The number of carbonyl (C=O) groups is 1. The highest BCUT2D eigenvalue weighted by Crippen LogP contribution is 2.18. The minimum absolute atomic E-state index is 0.0728. The van der Waals surface area contributed by atoms with E-state index in [9.17, 15) is 13.2 Å². The number of amides is 1. The van der Waals surface area contributed by atoms with Gasteiger partial charge in [-0.15, -0.1) is 0 Å². The molecule has 2 aromatic rings. The highest BCUT2D eigenvalue weighted by Gasteiger charge is 2.12. The van der Waals surface area contributed by atoms with Crippen LogP contribution in [0, 0.1) is 0 Å². The molecule has 0 spiro atoms. The first-order valence-electron chi connectivity index (χ1n) is 5.96. The van der Waals surface area contributed by atoms with Crippen molar-refractivity contribution in [2.75, 3.05) is 12.3 Å². The molecule has 0 aliphatic rings. The number of hydrogen-bond acceptors (Lipinski definition) is 4. The Kier molecular flexibility index (Phi) is 4.61. The first-order chi connectivity index (χ1) is 9.87. The summed E-state index contributed by atoms with van der Waals surface area (Å²) in [6.07, 6.45) is 1.59. The minimum Gasteiger partial charge on any atom is -0.350 e. The second-order valence-electron chi connectivity index (χ2n) is 4.22. The Labute approximate surface area is 126 Å². The molecular weight excluding hydrogens is 316 g/mol. The van der Waals surface area contributed by atoms with Crippen molar-refractivity contribution in [3.8, 4) is 5.69 Å². The fourth-order valence-corrected chi connectivity index (χ4v) is 2.22. The van der Waals surface area contributed by atoms with E-state index in [0.29, 0.717) is 10.7 Å². The van der Waals surface area contributed by atoms with Gasteiger partial charge in [-0.1, -0.05) is 23.7 Å². The summed E-state index contributed by atoms with van der Waals surface area (Å²) in [4.78, 5) is 11.8. The van der Waals surface area contributed by atoms with Gasteiger partial charge in [-0.3, -0.25) is 4.79 Å². The Morgan fingerprint density at radius 1 is 1.33 bits per heavy atom. The maximum atomic E-state index is 11.8. The summed E-state index contributed by atoms with van der Waals surface area (Å²) >= 11 is 6.04. The van der Waals surface area contributed by atoms with Crippen molar-refractivity contribution >= 4 is 27.5 Å². The molecule has 1 heterocycles. The van der Waals surface area contributed by atoms with Crippen LogP contribution in [-0.4, -0.2) is 36.4 Å². The van der Waals surface area contributed by atoms with Crippen LogP contribution in [0.3, 0.4) is 0 Å². The Morgan fingerprint density at radius 3 is 2.71 bits per heavy atom. The quantitative estimate of drug-likeness (QED) is 0.835. The van der Waals surface area contributed by atoms with Crippen LogP contribution in [0.5, 0.6) is 0 Å². The van der Waals surface area contributed by atoms with Gasteiger partial charge in [-0.25, -0.2) is 18.2 Å². The summed E-state index contributed by atoms with van der Waals surface area (Å²) in [5, 5.41) is 11.9. The Bertz CT molecular complexity index is 757. The lowest BCUT2D eigenvalue weighted by atomic mass is 10.3. The van der Waals surface area contributed by atoms with Crippen molar-refractivity contribution in [3.63, 3.8) is 0 Å². The first kappa shape index (κ1) is 15.5. The van der Waals surface area contributed by atoms with Gasteiger partial charge in [0.2, 0.25) is 10.0 Å². The van der Waals surface area contributed by atoms with Gasteiger partial charge in [0.25, 0.3) is 5.91 Å². The third-order valence-corrected chi connectivity index (χ3v) is 3.69. The zero-order valence-electron chi connectivity index (χ0n) is 10.9. The molecule has 3 N–H and O–H groups in total. The van der Waals surface area contributed by atoms with Gasteiger partial charge < -0.3 is 5.32 Å². The van der Waals surface area contributed by atoms with Gasteiger partial charge in [0, 0.05) is 12.7 Å². The Hall–Kier alpha value is -1.90. The number of sulfonamides is 1. The molecular formula is C12H13ClN4O3S. The van der Waals surface area contributed by atoms with Gasteiger partial charge in [0.1, 0.15) is 0 Å². The van der Waals surface area contributed by atoms with Crippen LogP contribution < -0.4 is 10.5 Å². The van der Waals surface area contributed by atoms with E-state index < -0.39 is 15.9 Å². The zero-order valence-corrected chi connectivity index (χ0v) is 12.4. The average molecular weight is 329 g/mol. The molecule has 0 fully saturated rings. The lowest BCUT2D eigenvalue weighted by Gasteiger charge is -2.04. The van der Waals surface area contributed by atoms with Crippen molar-refractivity contribution in [3.05, 3.63) is 47.2 Å². The number of nitrogens with zero attached hydrogens (tertiary/aromatic N) is 2. The standard InChI is InChI=1S/C12H13ClN4O3S/c13-9-3-1-2-4-11(9)17-7-5-10(16-17)12(18)15-6-8-21(14,19)20/h1-5,7H,6,8H2,(H,15,18)(H2,14,19,20). The van der Waals surface area contributed by atoms with Gasteiger partial charge in [0.05, 0.1) is 16.5 Å². The summed E-state index contributed by atoms with van der Waals surface area (Å²) in [5.74, 6) is -0.811. The van der Waals surface area contributed by atoms with E-state index in [1.807, 2.05) is 0 Å². The minimum atomic E-state index is -3.60. The molecule has 1 amide bonds. The maximum absolute atomic E-state index is 11.8. The molecule has 7 nitrogen and oxygen atoms in total. The summed E-state index contributed by atoms with van der Waals surface area (Å²) in [7, 11) is -3.60. The molecule has 0 bridgehead atoms. The van der Waals surface area contributed by atoms with E-state index in [2.05, 4.69) is 10.4 Å². The van der Waals surface area contributed by atoms with Gasteiger partial charge in [0.15, 0.2) is 5.69 Å². The van der Waals surface area contributed by atoms with E-state index in [1.54, 1.807) is 30.5 Å². The third-order valence-electron chi connectivity index (χ3n) is 2.59. The number of nitrogens with one attached hydrogen (secondary N) is 1. The molecule has 9 heteroatoms. The number of carbonyl (C=O) groups excluding carboxylic acids is 1. The predicted molar refractivity (Wildman–Crippen MR) is 78.9 cm³/mol. The van der Waals surface area contributed by atoms with Crippen molar-refractivity contribution in [1.82, 2.24) is 15.1 Å². The topological polar surface area (TPSA) is 107 Å². The number of rotatable bonds is 5. The number of para-hydroxylation sites is 1. The smallest absolute Gasteiger partial charge is 0.271 e. The summed E-state index contributed by atoms with van der Waals surface area (Å²) < 4.78 is 23.0. The van der Waals surface area contributed by atoms with E-state index in [0.717, 1.165) is 0 Å². The lowest BCUT2D eigenvalue weighted by Crippen LogP contribution is -2.31. The monoisotopic (exact) mass is 328 g/mol. The van der Waals surface area contributed by atoms with Crippen molar-refractivity contribution in [2.45, 2.75) is 0 Å². The summed E-state index contributed by atoms with van der Waals surface area (Å²) in [6.45, 7) is -0.0728. The van der Waals surface area contributed by atoms with Crippen molar-refractivity contribution in [2.24, 2.45) is 5.14 Å². The van der Waals surface area contributed by atoms with Gasteiger partial charge >= 0.3 is 0 Å². The van der Waals surface area contributed by atoms with E-state index >= 15 is 0 Å². The van der Waals surface area contributed by atoms with Crippen LogP contribution in [-0.2, 0) is 10.0 Å². The molecule has 0 unspecified atom stereocenters. The van der Waals surface area contributed by atoms with Crippen LogP contribution in [0.25, 0.3) is 5.69 Å². The average Bonchev–Trinajstić information content (AvgIpc) is 2.87. The predicted octanol–water partition coefficient (Wildman–Crippen LogP) is 0.544. The number of primary sulfonamides is 1. The zero-order chi connectivity index (χ0) is 15.5. The second kappa shape index (κ2) is 6.25. The molecule has 0 aliphatic carbocycles. The largest absolute Gasteiger partial charge is 0.350 e. The summed E-state index contributed by atoms with van der Waals surface area (Å²) in [6, 6.07) is 8.57. The number of aromatic nitrogens is 2. The van der Waals surface area contributed by atoms with E-state index in [4.69, 9.17) is 16.7 Å². The molecule has 2 rings (SSSR count). The van der Waals surface area contributed by atoms with Crippen molar-refractivity contribution < 1.29 is 13.2 Å². The van der Waals surface area contributed by atoms with Gasteiger partial charge in [-0.2, -0.15) is 5.10 Å². The van der Waals surface area contributed by atoms with Crippen LogP contribution in [0.1, 0.15) is 10.5 Å². The molecule has 21 heavy (non-hydrogen) atoms. The van der Waals surface area contributed by atoms with Crippen molar-refractivity contribution in [1.29, 1.82) is 0 Å². The number of nitrogens with two attached hydrogens (primary N) is 1. The molecule has 0 radical (unpaired) electrons. The number of halogens is 1. The molecule has 1 aromatic carbocycles. The molecule has 0 aliphatic heterocycles. The normalized spacial score (nSPS) is 11.3. The SMILES string of the molecule is NS(=O)(=O)CCNC(=O)c1ccn(-c2ccccc2Cl)n1. The molecule has 0 saturated carbocycles. The Balaban J connectivity index is 2.06. The number of hydrogen-bond donors (Lipinski definition) is 2. The van der Waals surface area contributed by atoms with Crippen LogP contribution in [0.4, 0.5) is 0 Å². The fraction of sp³-hybridized carbons (Fsp3) is 0.167. The van der Waals surface area contributed by atoms with Crippen LogP contribution >= 0.6 is 11.6 Å². The highest BCUT2D eigenvalue weighted by molar-refractivity contribution is 7.89. The maximum Gasteiger partial charge on any atom is 0.271 e. The number of benzene rings is 1. The van der Waals surface area contributed by atoms with E-state index in [1.165, 1.54) is 10.7 Å². The van der Waals surface area contributed by atoms with Crippen LogP contribution in [0.2, 0.25) is 5.02 Å².